The van der Waals surface area contributed by atoms with Crippen molar-refractivity contribution in [3.63, 3.8) is 0 Å². The van der Waals surface area contributed by atoms with Gasteiger partial charge in [-0.2, -0.15) is 0 Å². The van der Waals surface area contributed by atoms with Gasteiger partial charge in [0.1, 0.15) is 0 Å². The fraction of sp³-hybridized carbons (Fsp3) is 0.152. The molecular formula is C33H30N4O5. The Labute approximate surface area is 243 Å². The molecule has 4 aromatic carbocycles. The molecule has 9 nitrogen and oxygen atoms in total. The summed E-state index contributed by atoms with van der Waals surface area (Å²) in [5.74, 6) is -1.64. The van der Waals surface area contributed by atoms with Crippen LogP contribution >= 0.6 is 0 Å². The lowest BCUT2D eigenvalue weighted by Gasteiger charge is -2.18. The monoisotopic (exact) mass is 562 g/mol. The first-order valence-electron chi connectivity index (χ1n) is 13.6. The molecule has 42 heavy (non-hydrogen) atoms. The number of nitrogens with zero attached hydrogens (tertiary/aromatic N) is 1. The third-order valence-electron chi connectivity index (χ3n) is 7.02. The Morgan fingerprint density at radius 2 is 1.40 bits per heavy atom. The molecule has 0 aromatic heterocycles. The van der Waals surface area contributed by atoms with Crippen molar-refractivity contribution < 1.29 is 24.3 Å². The lowest BCUT2D eigenvalue weighted by atomic mass is 10.0. The maximum absolute atomic E-state index is 12.8. The molecular weight excluding hydrogens is 532 g/mol. The summed E-state index contributed by atoms with van der Waals surface area (Å²) in [5, 5.41) is 17.9. The summed E-state index contributed by atoms with van der Waals surface area (Å²) < 4.78 is 0. The van der Waals surface area contributed by atoms with Gasteiger partial charge >= 0.3 is 12.0 Å². The third kappa shape index (κ3) is 7.00. The molecule has 1 aliphatic rings. The van der Waals surface area contributed by atoms with Crippen LogP contribution in [0.5, 0.6) is 0 Å². The van der Waals surface area contributed by atoms with Gasteiger partial charge in [0.15, 0.2) is 0 Å². The number of carbonyl (C=O) groups excluding carboxylic acids is 3. The Balaban J connectivity index is 1.15. The number of hydrogen-bond acceptors (Lipinski definition) is 4. The number of rotatable bonds is 9. The zero-order chi connectivity index (χ0) is 29.5. The highest BCUT2D eigenvalue weighted by Crippen LogP contribution is 2.28. The van der Waals surface area contributed by atoms with Gasteiger partial charge in [-0.3, -0.25) is 19.3 Å². The number of anilines is 3. The average molecular weight is 563 g/mol. The SMILES string of the molecule is O=C(O)CC(NC(=O)c1ccccc1)c1ccc(NC(=O)Cc2ccc(NC(=O)N3CCc4ccccc43)cc2)cc1. The number of nitrogens with one attached hydrogen (secondary N) is 3. The Morgan fingerprint density at radius 3 is 2.12 bits per heavy atom. The van der Waals surface area contributed by atoms with E-state index in [4.69, 9.17) is 0 Å². The number of carboxylic acids is 1. The minimum atomic E-state index is -1.04. The molecule has 0 saturated heterocycles. The number of hydrogen-bond donors (Lipinski definition) is 4. The molecule has 1 aliphatic heterocycles. The molecule has 0 aliphatic carbocycles. The van der Waals surface area contributed by atoms with Gasteiger partial charge in [-0.05, 0) is 65.6 Å². The van der Waals surface area contributed by atoms with E-state index in [1.54, 1.807) is 83.8 Å². The average Bonchev–Trinajstić information content (AvgIpc) is 3.43. The van der Waals surface area contributed by atoms with Gasteiger partial charge in [0.2, 0.25) is 5.91 Å². The maximum Gasteiger partial charge on any atom is 0.326 e. The molecule has 0 fully saturated rings. The predicted molar refractivity (Wildman–Crippen MR) is 161 cm³/mol. The molecule has 4 N–H and O–H groups in total. The van der Waals surface area contributed by atoms with Crippen LogP contribution < -0.4 is 20.9 Å². The highest BCUT2D eigenvalue weighted by atomic mass is 16.4. The number of aliphatic carboxylic acids is 1. The number of carboxylic acid groups (broad SMARTS) is 1. The molecule has 1 atom stereocenters. The summed E-state index contributed by atoms with van der Waals surface area (Å²) in [6.45, 7) is 0.632. The number of urea groups is 1. The zero-order valence-corrected chi connectivity index (χ0v) is 22.7. The first kappa shape index (κ1) is 28.1. The van der Waals surface area contributed by atoms with Crippen LogP contribution in [0.15, 0.2) is 103 Å². The third-order valence-corrected chi connectivity index (χ3v) is 7.02. The normalized spacial score (nSPS) is 12.6. The molecule has 0 spiro atoms. The zero-order valence-electron chi connectivity index (χ0n) is 22.7. The standard InChI is InChI=1S/C33H30N4O5/c38-30(20-22-10-14-27(15-11-22)35-33(42)37-19-18-24-6-4-5-9-29(24)37)34-26-16-12-23(13-17-26)28(21-31(39)40)36-32(41)25-7-2-1-3-8-25/h1-17,28H,18-21H2,(H,34,38)(H,35,42)(H,36,41)(H,39,40). The molecule has 1 heterocycles. The molecule has 4 amide bonds. The van der Waals surface area contributed by atoms with Crippen molar-refractivity contribution >= 4 is 40.9 Å². The molecule has 9 heteroatoms. The first-order chi connectivity index (χ1) is 20.4. The number of fused-ring (bicyclic) bond motifs is 1. The number of benzene rings is 4. The Kier molecular flexibility index (Phi) is 8.58. The van der Waals surface area contributed by atoms with Crippen molar-refractivity contribution in [1.82, 2.24) is 5.32 Å². The largest absolute Gasteiger partial charge is 0.481 e. The Bertz CT molecular complexity index is 1590. The van der Waals surface area contributed by atoms with Crippen molar-refractivity contribution in [3.05, 3.63) is 125 Å². The highest BCUT2D eigenvalue weighted by Gasteiger charge is 2.24. The number of para-hydroxylation sites is 1. The van der Waals surface area contributed by atoms with Crippen molar-refractivity contribution in [3.8, 4) is 0 Å². The minimum Gasteiger partial charge on any atom is -0.481 e. The summed E-state index contributed by atoms with van der Waals surface area (Å²) in [6, 6.07) is 29.3. The van der Waals surface area contributed by atoms with Gasteiger partial charge in [0, 0.05) is 29.2 Å². The summed E-state index contributed by atoms with van der Waals surface area (Å²) in [6.07, 6.45) is 0.671. The van der Waals surface area contributed by atoms with Crippen LogP contribution in [0.3, 0.4) is 0 Å². The van der Waals surface area contributed by atoms with Crippen LogP contribution in [0.1, 0.15) is 39.5 Å². The summed E-state index contributed by atoms with van der Waals surface area (Å²) in [5.41, 5.74) is 5.07. The fourth-order valence-corrected chi connectivity index (χ4v) is 4.89. The summed E-state index contributed by atoms with van der Waals surface area (Å²) in [4.78, 5) is 51.2. The van der Waals surface area contributed by atoms with Gasteiger partial charge in [-0.25, -0.2) is 4.79 Å². The molecule has 1 unspecified atom stereocenters. The van der Waals surface area contributed by atoms with Crippen LogP contribution in [0.25, 0.3) is 0 Å². The predicted octanol–water partition coefficient (Wildman–Crippen LogP) is 5.41. The van der Waals surface area contributed by atoms with E-state index in [2.05, 4.69) is 16.0 Å². The van der Waals surface area contributed by atoms with E-state index in [-0.39, 0.29) is 30.7 Å². The lowest BCUT2D eigenvalue weighted by Crippen LogP contribution is -2.33. The second kappa shape index (κ2) is 12.8. The Hall–Kier alpha value is -5.44. The summed E-state index contributed by atoms with van der Waals surface area (Å²) >= 11 is 0. The maximum atomic E-state index is 12.8. The van der Waals surface area contributed by atoms with Crippen LogP contribution in [-0.2, 0) is 22.4 Å². The molecule has 212 valence electrons. The fourth-order valence-electron chi connectivity index (χ4n) is 4.89. The van der Waals surface area contributed by atoms with Crippen LogP contribution in [0.4, 0.5) is 21.9 Å². The Morgan fingerprint density at radius 1 is 0.762 bits per heavy atom. The van der Waals surface area contributed by atoms with E-state index < -0.39 is 12.0 Å². The molecule has 4 aromatic rings. The topological polar surface area (TPSA) is 128 Å². The van der Waals surface area contributed by atoms with E-state index in [0.29, 0.717) is 29.0 Å². The molecule has 0 saturated carbocycles. The van der Waals surface area contributed by atoms with Crippen LogP contribution in [-0.4, -0.2) is 35.5 Å². The van der Waals surface area contributed by atoms with E-state index >= 15 is 0 Å². The first-order valence-corrected chi connectivity index (χ1v) is 13.6. The van der Waals surface area contributed by atoms with Gasteiger partial charge in [0.05, 0.1) is 18.9 Å². The van der Waals surface area contributed by atoms with Crippen molar-refractivity contribution in [2.45, 2.75) is 25.3 Å². The van der Waals surface area contributed by atoms with Crippen LogP contribution in [0.2, 0.25) is 0 Å². The van der Waals surface area contributed by atoms with E-state index in [0.717, 1.165) is 23.2 Å². The van der Waals surface area contributed by atoms with Crippen molar-refractivity contribution in [2.24, 2.45) is 0 Å². The second-order valence-electron chi connectivity index (χ2n) is 9.99. The number of carbonyl (C=O) groups is 4. The van der Waals surface area contributed by atoms with Gasteiger partial charge < -0.3 is 21.1 Å². The van der Waals surface area contributed by atoms with E-state index in [1.165, 1.54) is 0 Å². The quantitative estimate of drug-likeness (QED) is 0.217. The van der Waals surface area contributed by atoms with E-state index in [9.17, 15) is 24.3 Å². The van der Waals surface area contributed by atoms with Crippen molar-refractivity contribution in [1.29, 1.82) is 0 Å². The van der Waals surface area contributed by atoms with E-state index in [1.807, 2.05) is 24.3 Å². The van der Waals surface area contributed by atoms with Crippen molar-refractivity contribution in [2.75, 3.05) is 22.1 Å². The lowest BCUT2D eigenvalue weighted by molar-refractivity contribution is -0.137. The van der Waals surface area contributed by atoms with Crippen LogP contribution in [0, 0.1) is 0 Å². The van der Waals surface area contributed by atoms with Gasteiger partial charge in [-0.1, -0.05) is 60.7 Å². The minimum absolute atomic E-state index is 0.129. The molecule has 5 rings (SSSR count). The summed E-state index contributed by atoms with van der Waals surface area (Å²) in [7, 11) is 0. The van der Waals surface area contributed by atoms with Gasteiger partial charge in [-0.15, -0.1) is 0 Å². The highest BCUT2D eigenvalue weighted by molar-refractivity contribution is 6.03. The smallest absolute Gasteiger partial charge is 0.326 e. The van der Waals surface area contributed by atoms with Gasteiger partial charge in [0.25, 0.3) is 5.91 Å². The molecule has 0 bridgehead atoms. The molecule has 0 radical (unpaired) electrons. The number of amides is 4. The second-order valence-corrected chi connectivity index (χ2v) is 9.99.